The van der Waals surface area contributed by atoms with Gasteiger partial charge in [0.2, 0.25) is 0 Å². The molecule has 0 amide bonds. The number of pyridine rings is 1. The molecule has 2 rings (SSSR count). The van der Waals surface area contributed by atoms with Gasteiger partial charge in [0, 0.05) is 26.9 Å². The molecule has 2 aromatic rings. The second-order valence-electron chi connectivity index (χ2n) is 5.20. The first kappa shape index (κ1) is 14.6. The molecule has 3 heteroatoms. The number of rotatable bonds is 4. The van der Waals surface area contributed by atoms with E-state index in [-0.39, 0.29) is 0 Å². The number of hydrogen-bond acceptors (Lipinski definition) is 2. The highest BCUT2D eigenvalue weighted by Gasteiger charge is 2.16. The van der Waals surface area contributed by atoms with Crippen LogP contribution in [0.5, 0.6) is 0 Å². The zero-order valence-corrected chi connectivity index (χ0v) is 14.2. The Labute approximate surface area is 129 Å². The zero-order valence-electron chi connectivity index (χ0n) is 12.0. The fourth-order valence-electron chi connectivity index (χ4n) is 2.53. The lowest BCUT2D eigenvalue weighted by Gasteiger charge is -2.19. The van der Waals surface area contributed by atoms with Gasteiger partial charge in [0.25, 0.3) is 0 Å². The molecular weight excluding hydrogens is 347 g/mol. The summed E-state index contributed by atoms with van der Waals surface area (Å²) in [6, 6.07) is 6.41. The summed E-state index contributed by atoms with van der Waals surface area (Å²) in [5, 5.41) is 4.86. The smallest absolute Gasteiger partial charge is 0.0859 e. The first-order valence-corrected chi connectivity index (χ1v) is 7.96. The molecule has 0 unspecified atom stereocenters. The molecule has 0 aliphatic rings. The summed E-state index contributed by atoms with van der Waals surface area (Å²) in [4.78, 5) is 4.82. The maximum Gasteiger partial charge on any atom is 0.0859 e. The number of benzene rings is 1. The number of hydrogen-bond donors (Lipinski definition) is 1. The molecule has 1 N–H and O–H groups in total. The van der Waals surface area contributed by atoms with E-state index in [0.29, 0.717) is 5.92 Å². The maximum atomic E-state index is 4.82. The van der Waals surface area contributed by atoms with Crippen molar-refractivity contribution in [2.24, 2.45) is 0 Å². The van der Waals surface area contributed by atoms with Gasteiger partial charge in [-0.2, -0.15) is 0 Å². The predicted molar refractivity (Wildman–Crippen MR) is 92.1 cm³/mol. The molecule has 0 spiro atoms. The minimum atomic E-state index is 0.481. The number of aromatic nitrogens is 1. The van der Waals surface area contributed by atoms with Gasteiger partial charge in [-0.15, -0.1) is 0 Å². The highest BCUT2D eigenvalue weighted by Crippen LogP contribution is 2.34. The van der Waals surface area contributed by atoms with Crippen molar-refractivity contribution >= 4 is 39.2 Å². The lowest BCUT2D eigenvalue weighted by Crippen LogP contribution is -2.08. The van der Waals surface area contributed by atoms with Gasteiger partial charge < -0.3 is 5.32 Å². The molecule has 2 nitrogen and oxygen atoms in total. The van der Waals surface area contributed by atoms with E-state index in [1.807, 2.05) is 0 Å². The van der Waals surface area contributed by atoms with Gasteiger partial charge in [-0.1, -0.05) is 32.9 Å². The lowest BCUT2D eigenvalue weighted by molar-refractivity contribution is 0.844. The van der Waals surface area contributed by atoms with Crippen LogP contribution in [0.2, 0.25) is 0 Å². The standard InChI is InChI=1S/C16H21IN2/c1-5-9-18-16-12-7-6-8-13(17)15(12)19-11(4)14(16)10(2)3/h6-8,10H,5,9H2,1-4H3,(H,18,19). The van der Waals surface area contributed by atoms with Crippen molar-refractivity contribution in [3.63, 3.8) is 0 Å². The molecule has 0 atom stereocenters. The number of aryl methyl sites for hydroxylation is 1. The van der Waals surface area contributed by atoms with Crippen LogP contribution in [0.25, 0.3) is 10.9 Å². The Morgan fingerprint density at radius 1 is 1.32 bits per heavy atom. The average molecular weight is 368 g/mol. The lowest BCUT2D eigenvalue weighted by atomic mass is 9.96. The van der Waals surface area contributed by atoms with E-state index in [2.05, 4.69) is 73.8 Å². The molecule has 0 fully saturated rings. The normalized spacial score (nSPS) is 11.3. The van der Waals surface area contributed by atoms with Crippen LogP contribution in [0.15, 0.2) is 18.2 Å². The van der Waals surface area contributed by atoms with Crippen molar-refractivity contribution in [3.8, 4) is 0 Å². The Balaban J connectivity index is 2.75. The number of para-hydroxylation sites is 1. The number of halogens is 1. The minimum Gasteiger partial charge on any atom is -0.384 e. The summed E-state index contributed by atoms with van der Waals surface area (Å²) in [5.41, 5.74) is 4.88. The van der Waals surface area contributed by atoms with Crippen molar-refractivity contribution in [3.05, 3.63) is 33.0 Å². The Kier molecular flexibility index (Phi) is 4.66. The first-order chi connectivity index (χ1) is 9.06. The van der Waals surface area contributed by atoms with Crippen LogP contribution in [-0.4, -0.2) is 11.5 Å². The molecular formula is C16H21IN2. The van der Waals surface area contributed by atoms with Crippen molar-refractivity contribution in [2.45, 2.75) is 40.0 Å². The van der Waals surface area contributed by atoms with Crippen molar-refractivity contribution < 1.29 is 0 Å². The molecule has 0 saturated heterocycles. The van der Waals surface area contributed by atoms with Crippen LogP contribution >= 0.6 is 22.6 Å². The largest absolute Gasteiger partial charge is 0.384 e. The van der Waals surface area contributed by atoms with Crippen LogP contribution in [0.3, 0.4) is 0 Å². The fraction of sp³-hybridized carbons (Fsp3) is 0.438. The molecule has 19 heavy (non-hydrogen) atoms. The third-order valence-corrected chi connectivity index (χ3v) is 4.19. The second kappa shape index (κ2) is 6.07. The van der Waals surface area contributed by atoms with Gasteiger partial charge >= 0.3 is 0 Å². The van der Waals surface area contributed by atoms with Gasteiger partial charge in [-0.3, -0.25) is 4.98 Å². The number of nitrogens with zero attached hydrogens (tertiary/aromatic N) is 1. The van der Waals surface area contributed by atoms with Crippen molar-refractivity contribution in [1.29, 1.82) is 0 Å². The van der Waals surface area contributed by atoms with Crippen LogP contribution in [0.1, 0.15) is 44.4 Å². The van der Waals surface area contributed by atoms with E-state index in [1.54, 1.807) is 0 Å². The van der Waals surface area contributed by atoms with Crippen molar-refractivity contribution in [1.82, 2.24) is 4.98 Å². The predicted octanol–water partition coefficient (Wildman–Crippen LogP) is 5.09. The summed E-state index contributed by atoms with van der Waals surface area (Å²) in [5.74, 6) is 0.481. The molecule has 0 radical (unpaired) electrons. The summed E-state index contributed by atoms with van der Waals surface area (Å²) >= 11 is 2.37. The fourth-order valence-corrected chi connectivity index (χ4v) is 3.15. The summed E-state index contributed by atoms with van der Waals surface area (Å²) in [7, 11) is 0. The van der Waals surface area contributed by atoms with Crippen LogP contribution in [-0.2, 0) is 0 Å². The summed E-state index contributed by atoms with van der Waals surface area (Å²) in [6.07, 6.45) is 1.13. The molecule has 0 saturated carbocycles. The number of anilines is 1. The molecule has 0 aliphatic carbocycles. The van der Waals surface area contributed by atoms with E-state index in [1.165, 1.54) is 20.2 Å². The Hall–Kier alpha value is -0.840. The maximum absolute atomic E-state index is 4.82. The van der Waals surface area contributed by atoms with Gasteiger partial charge in [0.05, 0.1) is 5.52 Å². The Morgan fingerprint density at radius 3 is 2.68 bits per heavy atom. The number of fused-ring (bicyclic) bond motifs is 1. The molecule has 1 heterocycles. The first-order valence-electron chi connectivity index (χ1n) is 6.88. The highest BCUT2D eigenvalue weighted by molar-refractivity contribution is 14.1. The van der Waals surface area contributed by atoms with Crippen molar-refractivity contribution in [2.75, 3.05) is 11.9 Å². The monoisotopic (exact) mass is 368 g/mol. The highest BCUT2D eigenvalue weighted by atomic mass is 127. The molecule has 0 aliphatic heterocycles. The topological polar surface area (TPSA) is 24.9 Å². The van der Waals surface area contributed by atoms with E-state index >= 15 is 0 Å². The second-order valence-corrected chi connectivity index (χ2v) is 6.37. The molecule has 0 bridgehead atoms. The third-order valence-electron chi connectivity index (χ3n) is 3.32. The van der Waals surface area contributed by atoms with E-state index in [0.717, 1.165) is 24.2 Å². The molecule has 102 valence electrons. The Bertz CT molecular complexity index is 591. The van der Waals surface area contributed by atoms with Gasteiger partial charge in [0.15, 0.2) is 0 Å². The quantitative estimate of drug-likeness (QED) is 0.760. The molecule has 1 aromatic carbocycles. The summed E-state index contributed by atoms with van der Waals surface area (Å²) in [6.45, 7) is 9.79. The van der Waals surface area contributed by atoms with Crippen LogP contribution in [0, 0.1) is 10.5 Å². The van der Waals surface area contributed by atoms with E-state index in [9.17, 15) is 0 Å². The average Bonchev–Trinajstić information content (AvgIpc) is 2.36. The zero-order chi connectivity index (χ0) is 14.0. The van der Waals surface area contributed by atoms with Gasteiger partial charge in [-0.05, 0) is 53.5 Å². The minimum absolute atomic E-state index is 0.481. The van der Waals surface area contributed by atoms with Gasteiger partial charge in [-0.25, -0.2) is 0 Å². The Morgan fingerprint density at radius 2 is 2.05 bits per heavy atom. The third kappa shape index (κ3) is 2.86. The molecule has 1 aromatic heterocycles. The SMILES string of the molecule is CCCNc1c(C(C)C)c(C)nc2c(I)cccc12. The summed E-state index contributed by atoms with van der Waals surface area (Å²) < 4.78 is 1.22. The van der Waals surface area contributed by atoms with Gasteiger partial charge in [0.1, 0.15) is 0 Å². The van der Waals surface area contributed by atoms with E-state index < -0.39 is 0 Å². The number of nitrogens with one attached hydrogen (secondary N) is 1. The van der Waals surface area contributed by atoms with E-state index in [4.69, 9.17) is 4.98 Å². The van der Waals surface area contributed by atoms with Crippen LogP contribution in [0.4, 0.5) is 5.69 Å². The van der Waals surface area contributed by atoms with Crippen LogP contribution < -0.4 is 5.32 Å².